The highest BCUT2D eigenvalue weighted by Crippen LogP contribution is 2.24. The van der Waals surface area contributed by atoms with Crippen molar-refractivity contribution in [3.8, 4) is 0 Å². The van der Waals surface area contributed by atoms with Crippen LogP contribution in [0.1, 0.15) is 32.1 Å². The number of aliphatic hydroxyl groups is 1. The van der Waals surface area contributed by atoms with Gasteiger partial charge in [-0.05, 0) is 25.0 Å². The van der Waals surface area contributed by atoms with E-state index in [1.807, 2.05) is 6.07 Å². The van der Waals surface area contributed by atoms with E-state index in [1.54, 1.807) is 12.3 Å². The van der Waals surface area contributed by atoms with Crippen LogP contribution in [0.4, 0.5) is 11.5 Å². The molecule has 19 heavy (non-hydrogen) atoms. The van der Waals surface area contributed by atoms with Gasteiger partial charge in [-0.3, -0.25) is 4.79 Å². The van der Waals surface area contributed by atoms with Crippen LogP contribution in [0.5, 0.6) is 0 Å². The number of nitrogens with one attached hydrogen (secondary N) is 2. The molecule has 3 N–H and O–H groups in total. The Morgan fingerprint density at radius 3 is 2.74 bits per heavy atom. The van der Waals surface area contributed by atoms with E-state index in [9.17, 15) is 4.79 Å². The molecule has 5 heteroatoms. The smallest absolute Gasteiger partial charge is 0.227 e. The molecule has 5 nitrogen and oxygen atoms in total. The van der Waals surface area contributed by atoms with Gasteiger partial charge in [0, 0.05) is 12.5 Å². The molecule has 1 aromatic heterocycles. The van der Waals surface area contributed by atoms with Crippen molar-refractivity contribution in [3.05, 3.63) is 18.3 Å². The predicted octanol–water partition coefficient (Wildman–Crippen LogP) is 2.00. The summed E-state index contributed by atoms with van der Waals surface area (Å²) in [4.78, 5) is 16.2. The van der Waals surface area contributed by atoms with E-state index in [-0.39, 0.29) is 18.4 Å². The third kappa shape index (κ3) is 4.21. The summed E-state index contributed by atoms with van der Waals surface area (Å²) in [7, 11) is 0. The average Bonchev–Trinajstić information content (AvgIpc) is 2.47. The third-order valence-corrected chi connectivity index (χ3v) is 3.42. The van der Waals surface area contributed by atoms with E-state index < -0.39 is 0 Å². The first-order chi connectivity index (χ1) is 9.29. The molecule has 1 saturated carbocycles. The molecule has 2 rings (SSSR count). The number of nitrogens with zero attached hydrogens (tertiary/aromatic N) is 1. The highest BCUT2D eigenvalue weighted by molar-refractivity contribution is 5.92. The van der Waals surface area contributed by atoms with Gasteiger partial charge < -0.3 is 15.7 Å². The number of anilines is 2. The Bertz CT molecular complexity index is 400. The van der Waals surface area contributed by atoms with Crippen LogP contribution < -0.4 is 10.6 Å². The zero-order valence-corrected chi connectivity index (χ0v) is 11.1. The summed E-state index contributed by atoms with van der Waals surface area (Å²) in [6.45, 7) is 0.544. The Labute approximate surface area is 113 Å². The lowest BCUT2D eigenvalue weighted by atomic mass is 9.88. The van der Waals surface area contributed by atoms with Crippen LogP contribution in [0.3, 0.4) is 0 Å². The number of carbonyl (C=O) groups is 1. The Hall–Kier alpha value is -1.62. The lowest BCUT2D eigenvalue weighted by Gasteiger charge is -2.20. The fraction of sp³-hybridized carbons (Fsp3) is 0.571. The largest absolute Gasteiger partial charge is 0.395 e. The van der Waals surface area contributed by atoms with Crippen LogP contribution in [0, 0.1) is 5.92 Å². The van der Waals surface area contributed by atoms with Crippen molar-refractivity contribution >= 4 is 17.4 Å². The first-order valence-electron chi connectivity index (χ1n) is 6.91. The second-order valence-corrected chi connectivity index (χ2v) is 4.91. The minimum Gasteiger partial charge on any atom is -0.395 e. The van der Waals surface area contributed by atoms with Crippen molar-refractivity contribution < 1.29 is 9.90 Å². The number of aromatic nitrogens is 1. The molecule has 1 amide bonds. The maximum Gasteiger partial charge on any atom is 0.227 e. The van der Waals surface area contributed by atoms with Crippen molar-refractivity contribution in [1.29, 1.82) is 0 Å². The van der Waals surface area contributed by atoms with E-state index in [2.05, 4.69) is 15.6 Å². The van der Waals surface area contributed by atoms with Gasteiger partial charge in [0.05, 0.1) is 18.5 Å². The van der Waals surface area contributed by atoms with Crippen molar-refractivity contribution in [1.82, 2.24) is 4.98 Å². The van der Waals surface area contributed by atoms with Crippen LogP contribution in [-0.4, -0.2) is 29.1 Å². The normalized spacial score (nSPS) is 16.1. The topological polar surface area (TPSA) is 74.2 Å². The Kier molecular flexibility index (Phi) is 5.15. The zero-order valence-electron chi connectivity index (χ0n) is 11.1. The first kappa shape index (κ1) is 13.8. The van der Waals surface area contributed by atoms with Gasteiger partial charge in [-0.25, -0.2) is 4.98 Å². The second-order valence-electron chi connectivity index (χ2n) is 4.91. The Morgan fingerprint density at radius 1 is 1.32 bits per heavy atom. The second kappa shape index (κ2) is 7.09. The quantitative estimate of drug-likeness (QED) is 0.759. The maximum atomic E-state index is 12.0. The van der Waals surface area contributed by atoms with Gasteiger partial charge in [-0.15, -0.1) is 0 Å². The minimum absolute atomic E-state index is 0.0713. The van der Waals surface area contributed by atoms with Crippen LogP contribution in [0.25, 0.3) is 0 Å². The predicted molar refractivity (Wildman–Crippen MR) is 75.0 cm³/mol. The molecule has 1 aromatic rings. The van der Waals surface area contributed by atoms with Crippen molar-refractivity contribution in [2.45, 2.75) is 32.1 Å². The van der Waals surface area contributed by atoms with E-state index >= 15 is 0 Å². The summed E-state index contributed by atoms with van der Waals surface area (Å²) in [5, 5.41) is 14.6. The molecule has 0 bridgehead atoms. The highest BCUT2D eigenvalue weighted by Gasteiger charge is 2.20. The summed E-state index contributed by atoms with van der Waals surface area (Å²) in [6.07, 6.45) is 7.18. The molecule has 0 spiro atoms. The summed E-state index contributed by atoms with van der Waals surface area (Å²) in [6, 6.07) is 3.62. The van der Waals surface area contributed by atoms with Gasteiger partial charge in [0.25, 0.3) is 0 Å². The van der Waals surface area contributed by atoms with Crippen LogP contribution in [-0.2, 0) is 4.79 Å². The average molecular weight is 263 g/mol. The number of hydrogen-bond donors (Lipinski definition) is 3. The lowest BCUT2D eigenvalue weighted by Crippen LogP contribution is -2.24. The fourth-order valence-electron chi connectivity index (χ4n) is 2.37. The van der Waals surface area contributed by atoms with Crippen LogP contribution >= 0.6 is 0 Å². The molecule has 104 valence electrons. The molecule has 0 aromatic carbocycles. The van der Waals surface area contributed by atoms with Gasteiger partial charge in [-0.2, -0.15) is 0 Å². The molecule has 1 aliphatic rings. The van der Waals surface area contributed by atoms with Gasteiger partial charge >= 0.3 is 0 Å². The van der Waals surface area contributed by atoms with Gasteiger partial charge in [0.1, 0.15) is 5.82 Å². The van der Waals surface area contributed by atoms with Crippen LogP contribution in [0.2, 0.25) is 0 Å². The number of rotatable bonds is 5. The molecule has 0 atom stereocenters. The summed E-state index contributed by atoms with van der Waals surface area (Å²) in [5.74, 6) is 0.961. The summed E-state index contributed by atoms with van der Waals surface area (Å²) < 4.78 is 0. The van der Waals surface area contributed by atoms with Gasteiger partial charge in [-0.1, -0.05) is 19.3 Å². The van der Waals surface area contributed by atoms with Gasteiger partial charge in [0.15, 0.2) is 0 Å². The lowest BCUT2D eigenvalue weighted by molar-refractivity contribution is -0.120. The van der Waals surface area contributed by atoms with E-state index in [0.29, 0.717) is 12.4 Å². The third-order valence-electron chi connectivity index (χ3n) is 3.42. The monoisotopic (exact) mass is 263 g/mol. The van der Waals surface area contributed by atoms with Gasteiger partial charge in [0.2, 0.25) is 5.91 Å². The van der Waals surface area contributed by atoms with Crippen molar-refractivity contribution in [2.75, 3.05) is 23.8 Å². The highest BCUT2D eigenvalue weighted by atomic mass is 16.3. The molecule has 0 unspecified atom stereocenters. The molecular formula is C14H21N3O2. The molecule has 1 heterocycles. The minimum atomic E-state index is 0.0713. The number of pyridine rings is 1. The maximum absolute atomic E-state index is 12.0. The van der Waals surface area contributed by atoms with E-state index in [1.165, 1.54) is 6.42 Å². The Balaban J connectivity index is 1.86. The van der Waals surface area contributed by atoms with Crippen molar-refractivity contribution in [2.24, 2.45) is 5.92 Å². The molecule has 0 saturated heterocycles. The molecule has 1 fully saturated rings. The summed E-state index contributed by atoms with van der Waals surface area (Å²) >= 11 is 0. The molecule has 0 aliphatic heterocycles. The first-order valence-corrected chi connectivity index (χ1v) is 6.91. The van der Waals surface area contributed by atoms with Crippen molar-refractivity contribution in [3.63, 3.8) is 0 Å². The number of carbonyl (C=O) groups excluding carboxylic acids is 1. The molecule has 1 aliphatic carbocycles. The SMILES string of the molecule is O=C(Nc1ccc(NCCO)nc1)C1CCCCC1. The van der Waals surface area contributed by atoms with Crippen LogP contribution in [0.15, 0.2) is 18.3 Å². The Morgan fingerprint density at radius 2 is 2.11 bits per heavy atom. The fourth-order valence-corrected chi connectivity index (χ4v) is 2.37. The zero-order chi connectivity index (χ0) is 13.5. The number of hydrogen-bond acceptors (Lipinski definition) is 4. The number of aliphatic hydroxyl groups excluding tert-OH is 1. The molecular weight excluding hydrogens is 242 g/mol. The number of amides is 1. The van der Waals surface area contributed by atoms with E-state index in [0.717, 1.165) is 31.4 Å². The van der Waals surface area contributed by atoms with E-state index in [4.69, 9.17) is 5.11 Å². The molecule has 0 radical (unpaired) electrons. The summed E-state index contributed by atoms with van der Waals surface area (Å²) in [5.41, 5.74) is 0.727. The standard InChI is InChI=1S/C14H21N3O2/c18-9-8-15-13-7-6-12(10-16-13)17-14(19)11-4-2-1-3-5-11/h6-7,10-11,18H,1-5,8-9H2,(H,15,16)(H,17,19).